The van der Waals surface area contributed by atoms with Crippen molar-refractivity contribution in [1.82, 2.24) is 10.2 Å². The fraction of sp³-hybridized carbons (Fsp3) is 0.458. The molecule has 1 aliphatic heterocycles. The third kappa shape index (κ3) is 4.57. The van der Waals surface area contributed by atoms with E-state index in [1.54, 1.807) is 4.90 Å². The Morgan fingerprint density at radius 3 is 2.67 bits per heavy atom. The Morgan fingerprint density at radius 1 is 1.07 bits per heavy atom. The van der Waals surface area contributed by atoms with Gasteiger partial charge in [-0.05, 0) is 55.3 Å². The normalized spacial score (nSPS) is 19.5. The maximum atomic E-state index is 13.1. The van der Waals surface area contributed by atoms with Gasteiger partial charge in [-0.15, -0.1) is 0 Å². The topological polar surface area (TPSA) is 72.8 Å². The molecule has 6 heteroatoms. The number of phenols is 2. The summed E-state index contributed by atoms with van der Waals surface area (Å²) in [6, 6.07) is 10.9. The van der Waals surface area contributed by atoms with E-state index < -0.39 is 0 Å². The number of halogens is 1. The fourth-order valence-corrected chi connectivity index (χ4v) is 4.94. The van der Waals surface area contributed by atoms with Gasteiger partial charge in [0.1, 0.15) is 11.5 Å². The molecule has 2 aliphatic rings. The quantitative estimate of drug-likeness (QED) is 0.604. The average molecular weight is 429 g/mol. The minimum Gasteiger partial charge on any atom is -0.507 e. The van der Waals surface area contributed by atoms with E-state index in [1.807, 2.05) is 0 Å². The van der Waals surface area contributed by atoms with Gasteiger partial charge in [-0.1, -0.05) is 48.7 Å². The smallest absolute Gasteiger partial charge is 0.258 e. The van der Waals surface area contributed by atoms with Crippen LogP contribution in [0, 0.1) is 5.92 Å². The number of carbonyl (C=O) groups is 1. The number of rotatable bonds is 6. The van der Waals surface area contributed by atoms with Crippen LogP contribution in [0.4, 0.5) is 0 Å². The third-order valence-corrected chi connectivity index (χ3v) is 6.68. The van der Waals surface area contributed by atoms with E-state index in [1.165, 1.54) is 37.3 Å². The van der Waals surface area contributed by atoms with Crippen LogP contribution < -0.4 is 5.32 Å². The molecule has 1 atom stereocenters. The molecule has 4 rings (SSSR count). The second-order valence-corrected chi connectivity index (χ2v) is 8.91. The minimum atomic E-state index is -0.262. The molecule has 1 saturated carbocycles. The molecule has 0 spiro atoms. The maximum Gasteiger partial charge on any atom is 0.258 e. The summed E-state index contributed by atoms with van der Waals surface area (Å²) in [5, 5.41) is 23.5. The van der Waals surface area contributed by atoms with E-state index in [2.05, 4.69) is 29.6 Å². The zero-order valence-corrected chi connectivity index (χ0v) is 17.9. The zero-order chi connectivity index (χ0) is 21.1. The van der Waals surface area contributed by atoms with Crippen LogP contribution in [-0.4, -0.2) is 34.1 Å². The number of aromatic hydroxyl groups is 2. The number of nitrogens with zero attached hydrogens (tertiary/aromatic N) is 1. The van der Waals surface area contributed by atoms with Gasteiger partial charge < -0.3 is 20.4 Å². The van der Waals surface area contributed by atoms with Crippen LogP contribution in [0.3, 0.4) is 0 Å². The highest BCUT2D eigenvalue weighted by atomic mass is 35.5. The lowest BCUT2D eigenvalue weighted by atomic mass is 10.0. The van der Waals surface area contributed by atoms with Crippen molar-refractivity contribution < 1.29 is 15.0 Å². The first kappa shape index (κ1) is 21.0. The van der Waals surface area contributed by atoms with E-state index in [9.17, 15) is 15.0 Å². The number of hydrogen-bond donors (Lipinski definition) is 3. The van der Waals surface area contributed by atoms with Gasteiger partial charge in [0.2, 0.25) is 0 Å². The Kier molecular flexibility index (Phi) is 6.49. The molecule has 1 saturated heterocycles. The molecule has 0 aromatic heterocycles. The number of likely N-dealkylation sites (tertiary alicyclic amines) is 1. The molecule has 2 aromatic rings. The predicted octanol–water partition coefficient (Wildman–Crippen LogP) is 5.01. The molecule has 1 amide bonds. The average Bonchev–Trinajstić information content (AvgIpc) is 3.42. The molecule has 1 heterocycles. The Bertz CT molecular complexity index is 911. The molecule has 30 heavy (non-hydrogen) atoms. The van der Waals surface area contributed by atoms with Crippen molar-refractivity contribution in [2.45, 2.75) is 51.1 Å². The lowest BCUT2D eigenvalue weighted by molar-refractivity contribution is 0.0732. The summed E-state index contributed by atoms with van der Waals surface area (Å²) in [7, 11) is 0. The predicted molar refractivity (Wildman–Crippen MR) is 118 cm³/mol. The van der Waals surface area contributed by atoms with Gasteiger partial charge in [0.25, 0.3) is 5.91 Å². The molecule has 160 valence electrons. The van der Waals surface area contributed by atoms with Crippen molar-refractivity contribution in [2.75, 3.05) is 13.1 Å². The molecular formula is C24H29ClN2O3. The summed E-state index contributed by atoms with van der Waals surface area (Å²) in [5.74, 6) is 0.0570. The monoisotopic (exact) mass is 428 g/mol. The van der Waals surface area contributed by atoms with Gasteiger partial charge in [0.15, 0.2) is 0 Å². The number of phenolic OH excluding ortho intramolecular Hbond substituents is 2. The van der Waals surface area contributed by atoms with E-state index >= 15 is 0 Å². The summed E-state index contributed by atoms with van der Waals surface area (Å²) in [5.41, 5.74) is 2.46. The summed E-state index contributed by atoms with van der Waals surface area (Å²) < 4.78 is 0. The second-order valence-electron chi connectivity index (χ2n) is 8.50. The molecule has 5 nitrogen and oxygen atoms in total. The van der Waals surface area contributed by atoms with Gasteiger partial charge in [-0.25, -0.2) is 0 Å². The first-order valence-electron chi connectivity index (χ1n) is 10.8. The minimum absolute atomic E-state index is 0.0285. The van der Waals surface area contributed by atoms with Crippen LogP contribution >= 0.6 is 11.6 Å². The van der Waals surface area contributed by atoms with Gasteiger partial charge in [-0.3, -0.25) is 4.79 Å². The van der Waals surface area contributed by atoms with Gasteiger partial charge in [-0.2, -0.15) is 0 Å². The van der Waals surface area contributed by atoms with Crippen molar-refractivity contribution in [3.05, 3.63) is 58.1 Å². The molecule has 0 radical (unpaired) electrons. The zero-order valence-electron chi connectivity index (χ0n) is 17.1. The number of nitrogens with one attached hydrogen (secondary N) is 1. The van der Waals surface area contributed by atoms with Crippen molar-refractivity contribution in [2.24, 2.45) is 5.92 Å². The van der Waals surface area contributed by atoms with Crippen LogP contribution in [0.1, 0.15) is 66.1 Å². The van der Waals surface area contributed by atoms with Crippen molar-refractivity contribution >= 4 is 17.5 Å². The van der Waals surface area contributed by atoms with E-state index in [0.717, 1.165) is 43.5 Å². The van der Waals surface area contributed by atoms with Crippen LogP contribution in [0.15, 0.2) is 36.4 Å². The molecular weight excluding hydrogens is 400 g/mol. The number of amides is 1. The second kappa shape index (κ2) is 9.27. The van der Waals surface area contributed by atoms with Crippen LogP contribution in [0.25, 0.3) is 0 Å². The highest BCUT2D eigenvalue weighted by molar-refractivity contribution is 6.32. The molecule has 3 N–H and O–H groups in total. The molecule has 2 aromatic carbocycles. The summed E-state index contributed by atoms with van der Waals surface area (Å²) >= 11 is 5.97. The number of benzene rings is 2. The first-order chi connectivity index (χ1) is 14.5. The lowest BCUT2D eigenvalue weighted by Gasteiger charge is -2.26. The largest absolute Gasteiger partial charge is 0.507 e. The SMILES string of the molecule is O=C(c1cc(Cl)c(O)cc1O)N1CCCC1c1cccc(CNCC2CCCC2)c1. The number of carbonyl (C=O) groups excluding carboxylic acids is 1. The number of hydrogen-bond acceptors (Lipinski definition) is 4. The molecule has 1 aliphatic carbocycles. The van der Waals surface area contributed by atoms with Crippen LogP contribution in [0.2, 0.25) is 5.02 Å². The fourth-order valence-electron chi connectivity index (χ4n) is 4.78. The van der Waals surface area contributed by atoms with E-state index in [0.29, 0.717) is 6.54 Å². The van der Waals surface area contributed by atoms with Crippen molar-refractivity contribution in [1.29, 1.82) is 0 Å². The van der Waals surface area contributed by atoms with E-state index in [4.69, 9.17) is 11.6 Å². The standard InChI is InChI=1S/C24H29ClN2O3/c25-20-12-19(22(28)13-23(20)29)24(30)27-10-4-9-21(27)18-8-3-7-17(11-18)15-26-14-16-5-1-2-6-16/h3,7-8,11-13,16,21,26,28-29H,1-2,4-6,9-10,14-15H2. The van der Waals surface area contributed by atoms with Crippen molar-refractivity contribution in [3.8, 4) is 11.5 Å². The summed E-state index contributed by atoms with van der Waals surface area (Å²) in [4.78, 5) is 14.9. The maximum absolute atomic E-state index is 13.1. The summed E-state index contributed by atoms with van der Waals surface area (Å²) in [6.07, 6.45) is 7.18. The molecule has 1 unspecified atom stereocenters. The Morgan fingerprint density at radius 2 is 1.87 bits per heavy atom. The highest BCUT2D eigenvalue weighted by Gasteiger charge is 2.32. The Hall–Kier alpha value is -2.24. The van der Waals surface area contributed by atoms with Crippen LogP contribution in [0.5, 0.6) is 11.5 Å². The Labute approximate surface area is 182 Å². The third-order valence-electron chi connectivity index (χ3n) is 6.38. The first-order valence-corrected chi connectivity index (χ1v) is 11.2. The van der Waals surface area contributed by atoms with Crippen molar-refractivity contribution in [3.63, 3.8) is 0 Å². The lowest BCUT2D eigenvalue weighted by Crippen LogP contribution is -2.30. The summed E-state index contributed by atoms with van der Waals surface area (Å²) in [6.45, 7) is 2.53. The molecule has 0 bridgehead atoms. The highest BCUT2D eigenvalue weighted by Crippen LogP contribution is 2.37. The van der Waals surface area contributed by atoms with E-state index in [-0.39, 0.29) is 34.0 Å². The molecule has 2 fully saturated rings. The van der Waals surface area contributed by atoms with Crippen LogP contribution in [-0.2, 0) is 6.54 Å². The Balaban J connectivity index is 1.46. The van der Waals surface area contributed by atoms with Gasteiger partial charge in [0.05, 0.1) is 16.6 Å². The van der Waals surface area contributed by atoms with Gasteiger partial charge >= 0.3 is 0 Å². The van der Waals surface area contributed by atoms with Gasteiger partial charge in [0, 0.05) is 19.2 Å².